The second kappa shape index (κ2) is 5.88. The molecule has 1 aliphatic heterocycles. The molecule has 5 nitrogen and oxygen atoms in total. The van der Waals surface area contributed by atoms with Gasteiger partial charge in [-0.2, -0.15) is 0 Å². The van der Waals surface area contributed by atoms with Crippen molar-refractivity contribution in [2.45, 2.75) is 25.5 Å². The zero-order valence-electron chi connectivity index (χ0n) is 11.0. The van der Waals surface area contributed by atoms with Crippen LogP contribution in [0.15, 0.2) is 41.1 Å². The third kappa shape index (κ3) is 2.88. The predicted octanol–water partition coefficient (Wildman–Crippen LogP) is 2.14. The average Bonchev–Trinajstić information content (AvgIpc) is 3.17. The molecular weight excluding hydrogens is 256 g/mol. The molecule has 2 aromatic heterocycles. The first-order chi connectivity index (χ1) is 9.83. The monoisotopic (exact) mass is 272 g/mol. The lowest BCUT2D eigenvalue weighted by Crippen LogP contribution is -2.33. The Labute approximate surface area is 117 Å². The van der Waals surface area contributed by atoms with E-state index >= 15 is 0 Å². The van der Waals surface area contributed by atoms with Crippen LogP contribution in [0, 0.1) is 0 Å². The van der Waals surface area contributed by atoms with Crippen LogP contribution in [0.3, 0.4) is 0 Å². The minimum atomic E-state index is -0.290. The normalized spacial score (nSPS) is 18.1. The van der Waals surface area contributed by atoms with E-state index in [4.69, 9.17) is 9.15 Å². The van der Waals surface area contributed by atoms with Crippen molar-refractivity contribution in [2.24, 2.45) is 0 Å². The van der Waals surface area contributed by atoms with Gasteiger partial charge in [-0.15, -0.1) is 0 Å². The molecule has 3 heterocycles. The van der Waals surface area contributed by atoms with Gasteiger partial charge in [-0.3, -0.25) is 9.78 Å². The fraction of sp³-hybridized carbons (Fsp3) is 0.333. The predicted molar refractivity (Wildman–Crippen MR) is 72.8 cm³/mol. The smallest absolute Gasteiger partial charge is 0.249 e. The van der Waals surface area contributed by atoms with E-state index in [-0.39, 0.29) is 12.0 Å². The molecule has 1 amide bonds. The van der Waals surface area contributed by atoms with Gasteiger partial charge in [-0.25, -0.2) is 0 Å². The van der Waals surface area contributed by atoms with E-state index in [0.29, 0.717) is 13.2 Å². The number of hydrogen-bond acceptors (Lipinski definition) is 4. The molecule has 0 spiro atoms. The van der Waals surface area contributed by atoms with Crippen LogP contribution in [-0.4, -0.2) is 23.6 Å². The van der Waals surface area contributed by atoms with Gasteiger partial charge >= 0.3 is 0 Å². The van der Waals surface area contributed by atoms with Crippen LogP contribution in [0.4, 0.5) is 0 Å². The number of aromatic nitrogens is 1. The van der Waals surface area contributed by atoms with Gasteiger partial charge in [0.05, 0.1) is 6.26 Å². The Balaban J connectivity index is 1.63. The zero-order valence-corrected chi connectivity index (χ0v) is 11.0. The van der Waals surface area contributed by atoms with Gasteiger partial charge < -0.3 is 14.5 Å². The molecule has 5 heteroatoms. The standard InChI is InChI=1S/C15H16N2O3/c18-15(14-4-2-8-20-14)17-10-11-5-6-16-12(9-11)13-3-1-7-19-13/h1,3,5-7,9,14H,2,4,8,10H2,(H,17,18). The number of carbonyl (C=O) groups excluding carboxylic acids is 1. The highest BCUT2D eigenvalue weighted by Gasteiger charge is 2.22. The van der Waals surface area contributed by atoms with Crippen molar-refractivity contribution in [3.63, 3.8) is 0 Å². The lowest BCUT2D eigenvalue weighted by Gasteiger charge is -2.10. The number of amides is 1. The van der Waals surface area contributed by atoms with Crippen LogP contribution in [0.2, 0.25) is 0 Å². The molecule has 0 bridgehead atoms. The summed E-state index contributed by atoms with van der Waals surface area (Å²) in [5, 5.41) is 2.89. The fourth-order valence-electron chi connectivity index (χ4n) is 2.23. The molecule has 3 rings (SSSR count). The Morgan fingerprint density at radius 3 is 3.15 bits per heavy atom. The van der Waals surface area contributed by atoms with Crippen LogP contribution in [0.5, 0.6) is 0 Å². The molecule has 0 aliphatic carbocycles. The second-order valence-electron chi connectivity index (χ2n) is 4.75. The highest BCUT2D eigenvalue weighted by Crippen LogP contribution is 2.18. The van der Waals surface area contributed by atoms with Crippen LogP contribution in [0.1, 0.15) is 18.4 Å². The first kappa shape index (κ1) is 12.9. The number of nitrogens with zero attached hydrogens (tertiary/aromatic N) is 1. The topological polar surface area (TPSA) is 64.4 Å². The molecule has 1 N–H and O–H groups in total. The summed E-state index contributed by atoms with van der Waals surface area (Å²) in [7, 11) is 0. The van der Waals surface area contributed by atoms with Crippen molar-refractivity contribution >= 4 is 5.91 Å². The van der Waals surface area contributed by atoms with E-state index in [1.165, 1.54) is 0 Å². The lowest BCUT2D eigenvalue weighted by atomic mass is 10.2. The third-order valence-electron chi connectivity index (χ3n) is 3.29. The van der Waals surface area contributed by atoms with E-state index in [0.717, 1.165) is 29.9 Å². The molecule has 1 fully saturated rings. The Morgan fingerprint density at radius 1 is 1.45 bits per heavy atom. The van der Waals surface area contributed by atoms with Crippen molar-refractivity contribution in [3.05, 3.63) is 42.3 Å². The number of carbonyl (C=O) groups is 1. The zero-order chi connectivity index (χ0) is 13.8. The molecule has 1 saturated heterocycles. The van der Waals surface area contributed by atoms with E-state index in [2.05, 4.69) is 10.3 Å². The Morgan fingerprint density at radius 2 is 2.40 bits per heavy atom. The number of rotatable bonds is 4. The number of ether oxygens (including phenoxy) is 1. The minimum absolute atomic E-state index is 0.0427. The number of nitrogens with one attached hydrogen (secondary N) is 1. The summed E-state index contributed by atoms with van der Waals surface area (Å²) in [6.45, 7) is 1.14. The van der Waals surface area contributed by atoms with Crippen molar-refractivity contribution < 1.29 is 13.9 Å². The van der Waals surface area contributed by atoms with Gasteiger partial charge in [-0.1, -0.05) is 0 Å². The molecule has 1 aliphatic rings. The number of furan rings is 1. The maximum absolute atomic E-state index is 11.9. The average molecular weight is 272 g/mol. The Kier molecular flexibility index (Phi) is 3.78. The van der Waals surface area contributed by atoms with Crippen LogP contribution in [0.25, 0.3) is 11.5 Å². The Bertz CT molecular complexity index is 575. The molecule has 0 aromatic carbocycles. The SMILES string of the molecule is O=C(NCc1ccnc(-c2ccco2)c1)C1CCCO1. The van der Waals surface area contributed by atoms with Gasteiger partial charge in [-0.05, 0) is 42.7 Å². The number of hydrogen-bond donors (Lipinski definition) is 1. The number of pyridine rings is 1. The van der Waals surface area contributed by atoms with Crippen molar-refractivity contribution in [3.8, 4) is 11.5 Å². The molecular formula is C15H16N2O3. The first-order valence-corrected chi connectivity index (χ1v) is 6.71. The van der Waals surface area contributed by atoms with Gasteiger partial charge in [0.25, 0.3) is 0 Å². The van der Waals surface area contributed by atoms with E-state index in [9.17, 15) is 4.79 Å². The summed E-state index contributed by atoms with van der Waals surface area (Å²) >= 11 is 0. The van der Waals surface area contributed by atoms with Crippen molar-refractivity contribution in [1.29, 1.82) is 0 Å². The molecule has 20 heavy (non-hydrogen) atoms. The lowest BCUT2D eigenvalue weighted by molar-refractivity contribution is -0.130. The molecule has 1 atom stereocenters. The third-order valence-corrected chi connectivity index (χ3v) is 3.29. The van der Waals surface area contributed by atoms with Crippen molar-refractivity contribution in [2.75, 3.05) is 6.61 Å². The largest absolute Gasteiger partial charge is 0.463 e. The molecule has 2 aromatic rings. The molecule has 104 valence electrons. The summed E-state index contributed by atoms with van der Waals surface area (Å²) in [4.78, 5) is 16.1. The van der Waals surface area contributed by atoms with Crippen LogP contribution >= 0.6 is 0 Å². The van der Waals surface area contributed by atoms with E-state index in [1.54, 1.807) is 12.5 Å². The maximum atomic E-state index is 11.9. The van der Waals surface area contributed by atoms with Crippen molar-refractivity contribution in [1.82, 2.24) is 10.3 Å². The quantitative estimate of drug-likeness (QED) is 0.926. The summed E-state index contributed by atoms with van der Waals surface area (Å²) in [5.74, 6) is 0.677. The van der Waals surface area contributed by atoms with Crippen LogP contribution < -0.4 is 5.32 Å². The second-order valence-corrected chi connectivity index (χ2v) is 4.75. The van der Waals surface area contributed by atoms with E-state index in [1.807, 2.05) is 24.3 Å². The van der Waals surface area contributed by atoms with Gasteiger partial charge in [0, 0.05) is 19.3 Å². The summed E-state index contributed by atoms with van der Waals surface area (Å²) in [6, 6.07) is 7.47. The highest BCUT2D eigenvalue weighted by molar-refractivity contribution is 5.80. The summed E-state index contributed by atoms with van der Waals surface area (Å²) < 4.78 is 10.7. The highest BCUT2D eigenvalue weighted by atomic mass is 16.5. The molecule has 1 unspecified atom stereocenters. The minimum Gasteiger partial charge on any atom is -0.463 e. The van der Waals surface area contributed by atoms with Gasteiger partial charge in [0.1, 0.15) is 11.8 Å². The first-order valence-electron chi connectivity index (χ1n) is 6.71. The maximum Gasteiger partial charge on any atom is 0.249 e. The summed E-state index contributed by atoms with van der Waals surface area (Å²) in [5.41, 5.74) is 1.75. The summed E-state index contributed by atoms with van der Waals surface area (Å²) in [6.07, 6.45) is 4.80. The van der Waals surface area contributed by atoms with Crippen LogP contribution in [-0.2, 0) is 16.1 Å². The van der Waals surface area contributed by atoms with Gasteiger partial charge in [0.15, 0.2) is 5.76 Å². The molecule has 0 saturated carbocycles. The van der Waals surface area contributed by atoms with Gasteiger partial charge in [0.2, 0.25) is 5.91 Å². The molecule has 0 radical (unpaired) electrons. The van der Waals surface area contributed by atoms with E-state index < -0.39 is 0 Å². The fourth-order valence-corrected chi connectivity index (χ4v) is 2.23. The Hall–Kier alpha value is -2.14.